The Labute approximate surface area is 196 Å². The van der Waals surface area contributed by atoms with Gasteiger partial charge in [-0.25, -0.2) is 9.78 Å². The number of hydrogen-bond donors (Lipinski definition) is 1. The molecule has 0 bridgehead atoms. The number of nitrogens with zero attached hydrogens (tertiary/aromatic N) is 4. The fourth-order valence-corrected chi connectivity index (χ4v) is 5.21. The minimum atomic E-state index is -0.414. The largest absolute Gasteiger partial charge is 0.443 e. The summed E-state index contributed by atoms with van der Waals surface area (Å²) < 4.78 is 6.03. The highest BCUT2D eigenvalue weighted by atomic mass is 16.6. The SMILES string of the molecule is CC(C)(OC(=O)N1CCN(C(Cc2ccc(C#N)cc2)c2cnc[nH]2)CC1)C1CCCCC1. The van der Waals surface area contributed by atoms with Crippen LogP contribution in [0.4, 0.5) is 4.79 Å². The van der Waals surface area contributed by atoms with Crippen molar-refractivity contribution in [2.45, 2.75) is 64.0 Å². The zero-order chi connectivity index (χ0) is 23.3. The second kappa shape index (κ2) is 10.4. The zero-order valence-electron chi connectivity index (χ0n) is 19.8. The second-order valence-corrected chi connectivity index (χ2v) is 9.86. The first-order chi connectivity index (χ1) is 16.0. The summed E-state index contributed by atoms with van der Waals surface area (Å²) in [5, 5.41) is 9.06. The fourth-order valence-electron chi connectivity index (χ4n) is 5.21. The number of imidazole rings is 1. The van der Waals surface area contributed by atoms with Gasteiger partial charge >= 0.3 is 6.09 Å². The molecule has 1 saturated heterocycles. The first kappa shape index (κ1) is 23.3. The number of nitriles is 1. The first-order valence-corrected chi connectivity index (χ1v) is 12.2. The Hall–Kier alpha value is -2.85. The highest BCUT2D eigenvalue weighted by molar-refractivity contribution is 5.68. The predicted octanol–water partition coefficient (Wildman–Crippen LogP) is 4.68. The molecule has 1 N–H and O–H groups in total. The van der Waals surface area contributed by atoms with Gasteiger partial charge < -0.3 is 14.6 Å². The van der Waals surface area contributed by atoms with E-state index in [1.165, 1.54) is 24.8 Å². The summed E-state index contributed by atoms with van der Waals surface area (Å²) in [6.45, 7) is 7.00. The first-order valence-electron chi connectivity index (χ1n) is 12.2. The molecule has 1 aliphatic heterocycles. The van der Waals surface area contributed by atoms with Gasteiger partial charge in [-0.3, -0.25) is 4.90 Å². The number of hydrogen-bond acceptors (Lipinski definition) is 5. The summed E-state index contributed by atoms with van der Waals surface area (Å²) in [6.07, 6.45) is 10.3. The van der Waals surface area contributed by atoms with E-state index < -0.39 is 5.60 Å². The number of ether oxygens (including phenoxy) is 1. The van der Waals surface area contributed by atoms with Crippen molar-refractivity contribution in [2.24, 2.45) is 5.92 Å². The highest BCUT2D eigenvalue weighted by Crippen LogP contribution is 2.35. The Morgan fingerprint density at radius 3 is 2.48 bits per heavy atom. The van der Waals surface area contributed by atoms with Gasteiger partial charge in [0.25, 0.3) is 0 Å². The number of benzene rings is 1. The van der Waals surface area contributed by atoms with Gasteiger partial charge in [-0.05, 0) is 56.7 Å². The smallest absolute Gasteiger partial charge is 0.410 e. The van der Waals surface area contributed by atoms with Crippen LogP contribution in [0.1, 0.15) is 68.8 Å². The van der Waals surface area contributed by atoms with E-state index in [-0.39, 0.29) is 12.1 Å². The van der Waals surface area contributed by atoms with Crippen molar-refractivity contribution in [3.63, 3.8) is 0 Å². The highest BCUT2D eigenvalue weighted by Gasteiger charge is 2.36. The molecule has 1 amide bonds. The lowest BCUT2D eigenvalue weighted by molar-refractivity contribution is -0.0407. The lowest BCUT2D eigenvalue weighted by Gasteiger charge is -2.41. The molecular weight excluding hydrogens is 414 g/mol. The summed E-state index contributed by atoms with van der Waals surface area (Å²) in [4.78, 5) is 24.7. The van der Waals surface area contributed by atoms with Crippen LogP contribution in [0.25, 0.3) is 0 Å². The average molecular weight is 450 g/mol. The van der Waals surface area contributed by atoms with Crippen LogP contribution in [-0.2, 0) is 11.2 Å². The minimum Gasteiger partial charge on any atom is -0.443 e. The molecule has 4 rings (SSSR count). The predicted molar refractivity (Wildman–Crippen MR) is 126 cm³/mol. The standard InChI is InChI=1S/C26H35N5O2/c1-26(2,22-6-4-3-5-7-22)33-25(32)31-14-12-30(13-15-31)24(23-18-28-19-29-23)16-20-8-10-21(17-27)11-9-20/h8-11,18-19,22,24H,3-7,12-16H2,1-2H3,(H,28,29). The summed E-state index contributed by atoms with van der Waals surface area (Å²) in [5.74, 6) is 0.452. The van der Waals surface area contributed by atoms with Crippen LogP contribution < -0.4 is 0 Å². The number of rotatable bonds is 6. The lowest BCUT2D eigenvalue weighted by atomic mass is 9.79. The molecule has 33 heavy (non-hydrogen) atoms. The van der Waals surface area contributed by atoms with Crippen molar-refractivity contribution in [1.29, 1.82) is 5.26 Å². The van der Waals surface area contributed by atoms with Crippen molar-refractivity contribution in [3.05, 3.63) is 53.6 Å². The summed E-state index contributed by atoms with van der Waals surface area (Å²) in [5.41, 5.74) is 2.49. The minimum absolute atomic E-state index is 0.136. The number of amides is 1. The number of aromatic nitrogens is 2. The van der Waals surface area contributed by atoms with Gasteiger partial charge in [0.05, 0.1) is 29.7 Å². The molecule has 7 heteroatoms. The molecule has 2 aromatic rings. The van der Waals surface area contributed by atoms with Crippen LogP contribution in [0.2, 0.25) is 0 Å². The molecule has 0 radical (unpaired) electrons. The van der Waals surface area contributed by atoms with E-state index in [1.54, 1.807) is 6.33 Å². The number of carbonyl (C=O) groups excluding carboxylic acids is 1. The van der Waals surface area contributed by atoms with E-state index >= 15 is 0 Å². The third-order valence-electron chi connectivity index (χ3n) is 7.34. The van der Waals surface area contributed by atoms with E-state index in [2.05, 4.69) is 34.8 Å². The van der Waals surface area contributed by atoms with E-state index in [0.29, 0.717) is 24.6 Å². The Bertz CT molecular complexity index is 934. The van der Waals surface area contributed by atoms with Gasteiger partial charge in [0.15, 0.2) is 0 Å². The normalized spacial score (nSPS) is 19.1. The molecule has 1 aromatic carbocycles. The van der Waals surface area contributed by atoms with Crippen molar-refractivity contribution in [2.75, 3.05) is 26.2 Å². The van der Waals surface area contributed by atoms with Crippen LogP contribution in [-0.4, -0.2) is 57.6 Å². The van der Waals surface area contributed by atoms with Crippen LogP contribution in [0.3, 0.4) is 0 Å². The molecule has 1 aliphatic carbocycles. The van der Waals surface area contributed by atoms with Crippen molar-refractivity contribution in [3.8, 4) is 6.07 Å². The number of piperazine rings is 1. The molecule has 2 heterocycles. The molecule has 1 saturated carbocycles. The number of H-pyrrole nitrogens is 1. The summed E-state index contributed by atoms with van der Waals surface area (Å²) in [7, 11) is 0. The van der Waals surface area contributed by atoms with E-state index in [0.717, 1.165) is 38.0 Å². The number of nitrogens with one attached hydrogen (secondary N) is 1. The Kier molecular flexibility index (Phi) is 7.34. The third-order valence-corrected chi connectivity index (χ3v) is 7.34. The maximum absolute atomic E-state index is 13.0. The maximum atomic E-state index is 13.0. The van der Waals surface area contributed by atoms with Gasteiger partial charge in [0.2, 0.25) is 0 Å². The summed E-state index contributed by atoms with van der Waals surface area (Å²) in [6, 6.07) is 10.1. The Morgan fingerprint density at radius 1 is 1.18 bits per heavy atom. The monoisotopic (exact) mass is 449 g/mol. The molecule has 0 spiro atoms. The van der Waals surface area contributed by atoms with Crippen molar-refractivity contribution >= 4 is 6.09 Å². The van der Waals surface area contributed by atoms with E-state index in [9.17, 15) is 4.79 Å². The quantitative estimate of drug-likeness (QED) is 0.692. The molecular formula is C26H35N5O2. The van der Waals surface area contributed by atoms with Crippen molar-refractivity contribution < 1.29 is 9.53 Å². The zero-order valence-corrected chi connectivity index (χ0v) is 19.8. The topological polar surface area (TPSA) is 85.2 Å². The molecule has 1 unspecified atom stereocenters. The van der Waals surface area contributed by atoms with Crippen LogP contribution in [0, 0.1) is 17.2 Å². The van der Waals surface area contributed by atoms with Crippen LogP contribution in [0.5, 0.6) is 0 Å². The van der Waals surface area contributed by atoms with E-state index in [4.69, 9.17) is 10.00 Å². The van der Waals surface area contributed by atoms with Gasteiger partial charge in [-0.1, -0.05) is 31.4 Å². The van der Waals surface area contributed by atoms with E-state index in [1.807, 2.05) is 35.4 Å². The lowest BCUT2D eigenvalue weighted by Crippen LogP contribution is -2.52. The third kappa shape index (κ3) is 5.75. The van der Waals surface area contributed by atoms with Crippen LogP contribution in [0.15, 0.2) is 36.8 Å². The molecule has 7 nitrogen and oxygen atoms in total. The fraction of sp³-hybridized carbons (Fsp3) is 0.577. The second-order valence-electron chi connectivity index (χ2n) is 9.86. The van der Waals surface area contributed by atoms with Crippen molar-refractivity contribution in [1.82, 2.24) is 19.8 Å². The number of carbonyl (C=O) groups is 1. The average Bonchev–Trinajstić information content (AvgIpc) is 3.38. The molecule has 1 atom stereocenters. The molecule has 2 fully saturated rings. The Morgan fingerprint density at radius 2 is 1.88 bits per heavy atom. The number of aromatic amines is 1. The maximum Gasteiger partial charge on any atom is 0.410 e. The Balaban J connectivity index is 1.36. The molecule has 2 aliphatic rings. The van der Waals surface area contributed by atoms with Gasteiger partial charge in [0, 0.05) is 32.4 Å². The van der Waals surface area contributed by atoms with Gasteiger partial charge in [0.1, 0.15) is 5.60 Å². The molecule has 1 aromatic heterocycles. The molecule has 176 valence electrons. The van der Waals surface area contributed by atoms with Crippen LogP contribution >= 0.6 is 0 Å². The summed E-state index contributed by atoms with van der Waals surface area (Å²) >= 11 is 0. The van der Waals surface area contributed by atoms with Gasteiger partial charge in [-0.2, -0.15) is 5.26 Å². The van der Waals surface area contributed by atoms with Gasteiger partial charge in [-0.15, -0.1) is 0 Å².